The summed E-state index contributed by atoms with van der Waals surface area (Å²) in [6.07, 6.45) is -8.73. The maximum atomic E-state index is 13.8. The van der Waals surface area contributed by atoms with Crippen LogP contribution in [0.15, 0.2) is 60.8 Å². The van der Waals surface area contributed by atoms with Crippen LogP contribution in [0, 0.1) is 0 Å². The van der Waals surface area contributed by atoms with Crippen molar-refractivity contribution in [1.29, 1.82) is 0 Å². The number of sulfonamides is 1. The minimum atomic E-state index is -4.94. The maximum absolute atomic E-state index is 13.8. The fourth-order valence-electron chi connectivity index (χ4n) is 3.47. The highest BCUT2D eigenvalue weighted by Crippen LogP contribution is 2.34. The summed E-state index contributed by atoms with van der Waals surface area (Å²) in [4.78, 5) is 17.0. The Kier molecular flexibility index (Phi) is 6.45. The lowest BCUT2D eigenvalue weighted by atomic mass is 10.1. The predicted molar refractivity (Wildman–Crippen MR) is 120 cm³/mol. The number of carbonyl (C=O) groups excluding carboxylic acids is 1. The number of hydrogen-bond donors (Lipinski definition) is 2. The van der Waals surface area contributed by atoms with Gasteiger partial charge in [0.15, 0.2) is 11.3 Å². The highest BCUT2D eigenvalue weighted by molar-refractivity contribution is 7.88. The summed E-state index contributed by atoms with van der Waals surface area (Å²) in [5, 5.41) is 11.1. The highest BCUT2D eigenvalue weighted by atomic mass is 32.2. The van der Waals surface area contributed by atoms with Gasteiger partial charge in [0, 0.05) is 11.3 Å². The highest BCUT2D eigenvalue weighted by Gasteiger charge is 2.36. The van der Waals surface area contributed by atoms with Crippen LogP contribution in [0.25, 0.3) is 16.9 Å². The lowest BCUT2D eigenvalue weighted by molar-refractivity contribution is -0.142. The van der Waals surface area contributed by atoms with E-state index in [2.05, 4.69) is 15.4 Å². The number of aromatic nitrogens is 3. The zero-order chi connectivity index (χ0) is 27.2. The van der Waals surface area contributed by atoms with Crippen LogP contribution in [0.4, 0.5) is 32.0 Å². The number of carbonyl (C=O) groups is 1. The molecular weight excluding hydrogens is 528 g/mol. The molecular formula is C22H15F6N5O3S. The number of fused-ring (bicyclic) bond motifs is 1. The van der Waals surface area contributed by atoms with Crippen LogP contribution in [-0.2, 0) is 28.1 Å². The Morgan fingerprint density at radius 1 is 0.973 bits per heavy atom. The monoisotopic (exact) mass is 543 g/mol. The molecule has 0 bridgehead atoms. The molecule has 3 N–H and O–H groups in total. The molecule has 0 unspecified atom stereocenters. The molecule has 0 aliphatic carbocycles. The number of rotatable bonds is 5. The van der Waals surface area contributed by atoms with E-state index in [1.54, 1.807) is 0 Å². The third kappa shape index (κ3) is 5.89. The van der Waals surface area contributed by atoms with Gasteiger partial charge < -0.3 is 5.32 Å². The molecule has 194 valence electrons. The van der Waals surface area contributed by atoms with Crippen molar-refractivity contribution in [1.82, 2.24) is 14.6 Å². The molecule has 0 saturated carbocycles. The van der Waals surface area contributed by atoms with Crippen LogP contribution in [0.2, 0.25) is 0 Å². The van der Waals surface area contributed by atoms with Gasteiger partial charge >= 0.3 is 12.4 Å². The van der Waals surface area contributed by atoms with Crippen LogP contribution in [0.3, 0.4) is 0 Å². The number of primary sulfonamides is 1. The summed E-state index contributed by atoms with van der Waals surface area (Å²) in [7, 11) is -3.86. The molecule has 1 amide bonds. The van der Waals surface area contributed by atoms with Gasteiger partial charge in [-0.25, -0.2) is 23.1 Å². The van der Waals surface area contributed by atoms with E-state index in [1.165, 1.54) is 24.3 Å². The van der Waals surface area contributed by atoms with Gasteiger partial charge in [0.05, 0.1) is 23.2 Å². The Bertz CT molecular complexity index is 1600. The number of benzene rings is 2. The molecule has 2 heterocycles. The van der Waals surface area contributed by atoms with Gasteiger partial charge in [-0.15, -0.1) is 0 Å². The third-order valence-electron chi connectivity index (χ3n) is 5.07. The largest absolute Gasteiger partial charge is 0.433 e. The predicted octanol–water partition coefficient (Wildman–Crippen LogP) is 4.47. The van der Waals surface area contributed by atoms with Crippen molar-refractivity contribution in [2.45, 2.75) is 18.1 Å². The number of hydrogen-bond acceptors (Lipinski definition) is 5. The molecule has 0 spiro atoms. The number of halogens is 6. The van der Waals surface area contributed by atoms with Crippen LogP contribution in [-0.4, -0.2) is 28.9 Å². The van der Waals surface area contributed by atoms with Gasteiger partial charge in [0.1, 0.15) is 5.56 Å². The topological polar surface area (TPSA) is 119 Å². The molecule has 4 aromatic rings. The smallest absolute Gasteiger partial charge is 0.322 e. The van der Waals surface area contributed by atoms with Gasteiger partial charge in [-0.1, -0.05) is 24.3 Å². The Balaban J connectivity index is 1.76. The molecule has 0 fully saturated rings. The van der Waals surface area contributed by atoms with Crippen molar-refractivity contribution in [2.75, 3.05) is 5.32 Å². The van der Waals surface area contributed by atoms with Crippen LogP contribution < -0.4 is 10.5 Å². The first-order chi connectivity index (χ1) is 17.1. The second kappa shape index (κ2) is 9.15. The van der Waals surface area contributed by atoms with Gasteiger partial charge in [0.25, 0.3) is 5.91 Å². The first-order valence-corrected chi connectivity index (χ1v) is 11.9. The van der Waals surface area contributed by atoms with E-state index in [9.17, 15) is 39.6 Å². The molecule has 4 rings (SSSR count). The second-order valence-electron chi connectivity index (χ2n) is 7.85. The van der Waals surface area contributed by atoms with Crippen molar-refractivity contribution in [2.24, 2.45) is 5.14 Å². The number of anilines is 1. The first-order valence-electron chi connectivity index (χ1n) is 10.2. The van der Waals surface area contributed by atoms with E-state index in [0.717, 1.165) is 18.3 Å². The number of nitrogens with zero attached hydrogens (tertiary/aromatic N) is 3. The summed E-state index contributed by atoms with van der Waals surface area (Å²) in [5.41, 5.74) is -3.17. The molecule has 0 radical (unpaired) electrons. The molecule has 0 aliphatic rings. The van der Waals surface area contributed by atoms with Crippen LogP contribution in [0.1, 0.15) is 27.2 Å². The fourth-order valence-corrected chi connectivity index (χ4v) is 4.12. The Morgan fingerprint density at radius 2 is 1.65 bits per heavy atom. The molecule has 8 nitrogen and oxygen atoms in total. The van der Waals surface area contributed by atoms with E-state index in [4.69, 9.17) is 5.14 Å². The van der Waals surface area contributed by atoms with E-state index >= 15 is 0 Å². The Labute approximate surface area is 204 Å². The van der Waals surface area contributed by atoms with E-state index in [0.29, 0.717) is 22.7 Å². The maximum Gasteiger partial charge on any atom is 0.433 e. The minimum absolute atomic E-state index is 0.0516. The number of nitrogens with two attached hydrogens (primary N) is 1. The van der Waals surface area contributed by atoms with Crippen molar-refractivity contribution >= 4 is 27.3 Å². The zero-order valence-electron chi connectivity index (χ0n) is 18.3. The minimum Gasteiger partial charge on any atom is -0.322 e. The lowest BCUT2D eigenvalue weighted by Crippen LogP contribution is -2.16. The van der Waals surface area contributed by atoms with Gasteiger partial charge in [-0.2, -0.15) is 31.4 Å². The molecule has 2 aromatic heterocycles. The van der Waals surface area contributed by atoms with Crippen molar-refractivity contribution < 1.29 is 39.6 Å². The second-order valence-corrected chi connectivity index (χ2v) is 9.47. The molecule has 15 heteroatoms. The van der Waals surface area contributed by atoms with Crippen molar-refractivity contribution in [3.63, 3.8) is 0 Å². The van der Waals surface area contributed by atoms with Gasteiger partial charge in [0.2, 0.25) is 10.0 Å². The van der Waals surface area contributed by atoms with Crippen molar-refractivity contribution in [3.05, 3.63) is 83.2 Å². The SMILES string of the molecule is NS(=O)(=O)Cc1cccc(NC(=O)c2cnn3c(C(F)(F)F)cc(-c4ccc(C(F)(F)F)cc4)nc23)c1. The van der Waals surface area contributed by atoms with E-state index < -0.39 is 50.9 Å². The summed E-state index contributed by atoms with van der Waals surface area (Å²) in [6, 6.07) is 9.57. The summed E-state index contributed by atoms with van der Waals surface area (Å²) >= 11 is 0. The zero-order valence-corrected chi connectivity index (χ0v) is 19.1. The molecule has 2 aromatic carbocycles. The normalized spacial score (nSPS) is 12.6. The number of amides is 1. The summed E-state index contributed by atoms with van der Waals surface area (Å²) in [5.74, 6) is -1.42. The Morgan fingerprint density at radius 3 is 2.24 bits per heavy atom. The van der Waals surface area contributed by atoms with E-state index in [1.807, 2.05) is 0 Å². The van der Waals surface area contributed by atoms with Gasteiger partial charge in [-0.3, -0.25) is 4.79 Å². The lowest BCUT2D eigenvalue weighted by Gasteiger charge is -2.12. The Hall–Kier alpha value is -3.98. The summed E-state index contributed by atoms with van der Waals surface area (Å²) < 4.78 is 103. The molecule has 37 heavy (non-hydrogen) atoms. The average molecular weight is 543 g/mol. The standard InChI is InChI=1S/C22H15F6N5O3S/c23-21(24,25)14-6-4-13(5-7-14)17-9-18(22(26,27)28)33-19(32-17)16(10-30-33)20(34)31-15-3-1-2-12(8-15)11-37(29,35)36/h1-10H,11H2,(H,31,34)(H2,29,35,36). The molecule has 0 aliphatic heterocycles. The number of alkyl halides is 6. The molecule has 0 saturated heterocycles. The third-order valence-corrected chi connectivity index (χ3v) is 5.80. The van der Waals surface area contributed by atoms with Crippen molar-refractivity contribution in [3.8, 4) is 11.3 Å². The van der Waals surface area contributed by atoms with E-state index in [-0.39, 0.29) is 28.1 Å². The first kappa shape index (κ1) is 26.1. The average Bonchev–Trinajstić information content (AvgIpc) is 3.20. The van der Waals surface area contributed by atoms with Crippen LogP contribution in [0.5, 0.6) is 0 Å². The fraction of sp³-hybridized carbons (Fsp3) is 0.136. The van der Waals surface area contributed by atoms with Crippen LogP contribution >= 0.6 is 0 Å². The quantitative estimate of drug-likeness (QED) is 0.360. The van der Waals surface area contributed by atoms with Gasteiger partial charge in [-0.05, 0) is 35.9 Å². The molecule has 0 atom stereocenters. The summed E-state index contributed by atoms with van der Waals surface area (Å²) in [6.45, 7) is 0. The number of nitrogens with one attached hydrogen (secondary N) is 1.